The molecule has 1 atom stereocenters. The second-order valence-electron chi connectivity index (χ2n) is 4.83. The fourth-order valence-electron chi connectivity index (χ4n) is 1.93. The summed E-state index contributed by atoms with van der Waals surface area (Å²) in [6.45, 7) is 1.97. The van der Waals surface area contributed by atoms with Crippen LogP contribution in [0.3, 0.4) is 0 Å². The third-order valence-corrected chi connectivity index (χ3v) is 7.38. The minimum atomic E-state index is -0.262. The summed E-state index contributed by atoms with van der Waals surface area (Å²) in [4.78, 5) is 0. The van der Waals surface area contributed by atoms with E-state index < -0.39 is 0 Å². The van der Waals surface area contributed by atoms with Gasteiger partial charge in [-0.1, -0.05) is 39.9 Å². The van der Waals surface area contributed by atoms with E-state index in [1.165, 1.54) is 11.3 Å². The maximum Gasteiger partial charge on any atom is 0.175 e. The summed E-state index contributed by atoms with van der Waals surface area (Å²) < 4.78 is 2.94. The molecule has 0 aliphatic rings. The summed E-state index contributed by atoms with van der Waals surface area (Å²) >= 11 is 18.9. The van der Waals surface area contributed by atoms with Crippen LogP contribution in [0.1, 0.15) is 6.92 Å². The van der Waals surface area contributed by atoms with Gasteiger partial charge in [-0.2, -0.15) is 0 Å². The van der Waals surface area contributed by atoms with Crippen LogP contribution in [0.2, 0.25) is 10.0 Å². The summed E-state index contributed by atoms with van der Waals surface area (Å²) in [5.74, 6) is 0.205. The van der Waals surface area contributed by atoms with Gasteiger partial charge in [0.15, 0.2) is 10.9 Å². The predicted molar refractivity (Wildman–Crippen MR) is 114 cm³/mol. The van der Waals surface area contributed by atoms with Gasteiger partial charge in [-0.15, -0.1) is 11.3 Å². The lowest BCUT2D eigenvalue weighted by Crippen LogP contribution is -2.19. The van der Waals surface area contributed by atoms with Crippen molar-refractivity contribution in [3.8, 4) is 5.75 Å². The third-order valence-electron chi connectivity index (χ3n) is 2.99. The molecule has 4 nitrogen and oxygen atoms in total. The molecule has 1 heterocycles. The summed E-state index contributed by atoms with van der Waals surface area (Å²) in [5.41, 5.74) is 1.17. The van der Waals surface area contributed by atoms with Crippen LogP contribution < -0.4 is 10.6 Å². The number of hydrogen-bond donors (Lipinski definition) is 3. The Morgan fingerprint density at radius 1 is 1.29 bits per heavy atom. The van der Waals surface area contributed by atoms with Gasteiger partial charge >= 0.3 is 0 Å². The molecule has 0 saturated carbocycles. The van der Waals surface area contributed by atoms with Crippen LogP contribution in [0.4, 0.5) is 11.4 Å². The van der Waals surface area contributed by atoms with Gasteiger partial charge in [0.25, 0.3) is 0 Å². The molecule has 24 heavy (non-hydrogen) atoms. The molecule has 2 rings (SSSR count). The zero-order chi connectivity index (χ0) is 17.9. The predicted octanol–water partition coefficient (Wildman–Crippen LogP) is 5.50. The molecule has 0 bridgehead atoms. The van der Waals surface area contributed by atoms with Gasteiger partial charge in [-0.05, 0) is 50.7 Å². The van der Waals surface area contributed by atoms with Crippen LogP contribution in [-0.2, 0) is 0 Å². The van der Waals surface area contributed by atoms with Crippen LogP contribution in [0.5, 0.6) is 5.75 Å². The van der Waals surface area contributed by atoms with Crippen molar-refractivity contribution in [2.45, 2.75) is 11.1 Å². The zero-order valence-electron chi connectivity index (χ0n) is 13.3. The highest BCUT2D eigenvalue weighted by molar-refractivity contribution is 8.14. The Balaban J connectivity index is 2.16. The first-order valence-corrected chi connectivity index (χ1v) is 10.2. The van der Waals surface area contributed by atoms with Crippen molar-refractivity contribution in [1.29, 1.82) is 0 Å². The molecule has 1 aromatic carbocycles. The van der Waals surface area contributed by atoms with Gasteiger partial charge in [-0.3, -0.25) is 4.31 Å². The molecule has 0 fully saturated rings. The fourth-order valence-corrected chi connectivity index (χ4v) is 5.67. The summed E-state index contributed by atoms with van der Waals surface area (Å²) in [6, 6.07) is 5.25. The molecule has 0 radical (unpaired) electrons. The molecular formula is C15H17Cl2N3OS3. The Kier molecular flexibility index (Phi) is 6.91. The van der Waals surface area contributed by atoms with Crippen molar-refractivity contribution in [3.63, 3.8) is 0 Å². The van der Waals surface area contributed by atoms with Crippen molar-refractivity contribution in [3.05, 3.63) is 33.6 Å². The van der Waals surface area contributed by atoms with Crippen LogP contribution in [0, 0.1) is 0 Å². The minimum Gasteiger partial charge on any atom is -0.504 e. The van der Waals surface area contributed by atoms with Gasteiger partial charge in [0.1, 0.15) is 4.21 Å². The first kappa shape index (κ1) is 19.5. The monoisotopic (exact) mass is 421 g/mol. The van der Waals surface area contributed by atoms with Crippen molar-refractivity contribution in [1.82, 2.24) is 4.31 Å². The SMILES string of the molecule is C/C=S(\c1scc(NC(=S)Nc2cccc(Cl)c2Cl)c1O)N(C)C. The standard InChI is InChI=1S/C15H17Cl2N3OS3/c1-4-24(20(2)3)14-13(21)11(8-23-14)19-15(22)18-10-7-5-6-9(16)12(10)17/h4-8,21H,1-3H3,(H2,18,19,22). The number of thiocarbonyl (C=S) groups is 1. The molecule has 3 N–H and O–H groups in total. The van der Waals surface area contributed by atoms with Gasteiger partial charge < -0.3 is 15.7 Å². The molecule has 0 aliphatic carbocycles. The van der Waals surface area contributed by atoms with Gasteiger partial charge in [0.2, 0.25) is 0 Å². The second kappa shape index (κ2) is 8.51. The fraction of sp³-hybridized carbons (Fsp3) is 0.200. The van der Waals surface area contributed by atoms with Crippen LogP contribution in [0.15, 0.2) is 27.8 Å². The van der Waals surface area contributed by atoms with E-state index in [9.17, 15) is 5.11 Å². The number of nitrogens with zero attached hydrogens (tertiary/aromatic N) is 1. The molecule has 0 saturated heterocycles. The molecule has 2 aromatic rings. The summed E-state index contributed by atoms with van der Waals surface area (Å²) in [6.07, 6.45) is 0. The Labute approximate surface area is 163 Å². The number of anilines is 2. The van der Waals surface area contributed by atoms with E-state index in [-0.39, 0.29) is 16.4 Å². The molecule has 130 valence electrons. The Bertz CT molecular complexity index is 790. The molecule has 9 heteroatoms. The first-order chi connectivity index (χ1) is 11.3. The third kappa shape index (κ3) is 4.41. The van der Waals surface area contributed by atoms with Crippen molar-refractivity contribution in [2.24, 2.45) is 0 Å². The number of rotatable bonds is 4. The lowest BCUT2D eigenvalue weighted by Gasteiger charge is -2.15. The maximum absolute atomic E-state index is 10.5. The van der Waals surface area contributed by atoms with E-state index in [2.05, 4.69) is 20.3 Å². The van der Waals surface area contributed by atoms with E-state index in [0.29, 0.717) is 26.5 Å². The number of benzene rings is 1. The normalized spacial score (nSPS) is 12.4. The lowest BCUT2D eigenvalue weighted by atomic mass is 10.3. The topological polar surface area (TPSA) is 47.5 Å². The van der Waals surface area contributed by atoms with E-state index >= 15 is 0 Å². The van der Waals surface area contributed by atoms with Crippen LogP contribution >= 0.6 is 57.4 Å². The highest BCUT2D eigenvalue weighted by atomic mass is 35.5. The zero-order valence-corrected chi connectivity index (χ0v) is 17.2. The summed E-state index contributed by atoms with van der Waals surface area (Å²) in [5, 5.41) is 21.5. The lowest BCUT2D eigenvalue weighted by molar-refractivity contribution is 0.468. The largest absolute Gasteiger partial charge is 0.504 e. The van der Waals surface area contributed by atoms with E-state index in [4.69, 9.17) is 35.4 Å². The molecule has 1 aromatic heterocycles. The van der Waals surface area contributed by atoms with E-state index in [1.807, 2.05) is 26.4 Å². The van der Waals surface area contributed by atoms with Crippen molar-refractivity contribution in [2.75, 3.05) is 24.7 Å². The molecule has 0 amide bonds. The number of hydrogen-bond acceptors (Lipinski definition) is 4. The van der Waals surface area contributed by atoms with Crippen LogP contribution in [-0.4, -0.2) is 34.0 Å². The van der Waals surface area contributed by atoms with Gasteiger partial charge in [0, 0.05) is 5.38 Å². The highest BCUT2D eigenvalue weighted by Gasteiger charge is 2.16. The molecule has 1 unspecified atom stereocenters. The van der Waals surface area contributed by atoms with E-state index in [0.717, 1.165) is 4.21 Å². The van der Waals surface area contributed by atoms with Gasteiger partial charge in [0.05, 0.1) is 21.4 Å². The highest BCUT2D eigenvalue weighted by Crippen LogP contribution is 2.45. The Hall–Kier alpha value is -0.830. The summed E-state index contributed by atoms with van der Waals surface area (Å²) in [7, 11) is 3.69. The molecular weight excluding hydrogens is 405 g/mol. The Morgan fingerprint density at radius 2 is 1.96 bits per heavy atom. The van der Waals surface area contributed by atoms with Crippen molar-refractivity contribution >= 4 is 79.3 Å². The number of halogens is 2. The number of thiophene rings is 1. The Morgan fingerprint density at radius 3 is 2.58 bits per heavy atom. The second-order valence-corrected chi connectivity index (χ2v) is 9.40. The quantitative estimate of drug-likeness (QED) is 0.569. The molecule has 0 aliphatic heterocycles. The molecule has 0 spiro atoms. The number of aromatic hydroxyl groups is 1. The van der Waals surface area contributed by atoms with E-state index in [1.54, 1.807) is 18.2 Å². The smallest absolute Gasteiger partial charge is 0.175 e. The van der Waals surface area contributed by atoms with Gasteiger partial charge in [-0.25, -0.2) is 0 Å². The van der Waals surface area contributed by atoms with Crippen LogP contribution in [0.25, 0.3) is 0 Å². The first-order valence-electron chi connectivity index (χ1n) is 6.87. The maximum atomic E-state index is 10.5. The van der Waals surface area contributed by atoms with Crippen molar-refractivity contribution < 1.29 is 5.11 Å². The average molecular weight is 422 g/mol. The minimum absolute atomic E-state index is 0.205. The average Bonchev–Trinajstić information content (AvgIpc) is 2.86. The number of nitrogens with one attached hydrogen (secondary N) is 2.